The van der Waals surface area contributed by atoms with Crippen LogP contribution in [0.25, 0.3) is 0 Å². The molecule has 0 heterocycles. The maximum Gasteiger partial charge on any atom is 0.243 e. The Morgan fingerprint density at radius 1 is 0.897 bits per heavy atom. The van der Waals surface area contributed by atoms with E-state index in [2.05, 4.69) is 5.32 Å². The first-order valence-electron chi connectivity index (χ1n) is 13.4. The number of amides is 2. The van der Waals surface area contributed by atoms with Crippen LogP contribution in [-0.4, -0.2) is 55.6 Å². The summed E-state index contributed by atoms with van der Waals surface area (Å²) in [4.78, 5) is 29.0. The molecular formula is C31H39N3O4S. The first-order chi connectivity index (χ1) is 18.7. The van der Waals surface area contributed by atoms with Gasteiger partial charge >= 0.3 is 0 Å². The van der Waals surface area contributed by atoms with Crippen LogP contribution in [0.15, 0.2) is 89.8 Å². The first-order valence-corrected chi connectivity index (χ1v) is 14.8. The van der Waals surface area contributed by atoms with E-state index in [1.165, 1.54) is 11.4 Å². The molecule has 0 radical (unpaired) electrons. The Bertz CT molecular complexity index is 1310. The van der Waals surface area contributed by atoms with Crippen LogP contribution < -0.4 is 5.32 Å². The van der Waals surface area contributed by atoms with Crippen LogP contribution in [0.2, 0.25) is 0 Å². The Morgan fingerprint density at radius 3 is 2.18 bits per heavy atom. The lowest BCUT2D eigenvalue weighted by Gasteiger charge is -2.32. The van der Waals surface area contributed by atoms with Crippen molar-refractivity contribution < 1.29 is 18.0 Å². The topological polar surface area (TPSA) is 86.8 Å². The fourth-order valence-corrected chi connectivity index (χ4v) is 5.65. The lowest BCUT2D eigenvalue weighted by atomic mass is 10.0. The summed E-state index contributed by atoms with van der Waals surface area (Å²) in [6.07, 6.45) is 1.63. The maximum absolute atomic E-state index is 13.7. The Morgan fingerprint density at radius 2 is 1.54 bits per heavy atom. The van der Waals surface area contributed by atoms with Gasteiger partial charge in [-0.1, -0.05) is 85.3 Å². The van der Waals surface area contributed by atoms with E-state index >= 15 is 0 Å². The highest BCUT2D eigenvalue weighted by Gasteiger charge is 2.30. The largest absolute Gasteiger partial charge is 0.354 e. The zero-order chi connectivity index (χ0) is 28.3. The smallest absolute Gasteiger partial charge is 0.243 e. The van der Waals surface area contributed by atoms with Crippen molar-refractivity contribution in [2.24, 2.45) is 0 Å². The number of sulfonamides is 1. The molecule has 1 atom stereocenters. The maximum atomic E-state index is 13.7. The second-order valence-corrected chi connectivity index (χ2v) is 11.8. The number of rotatable bonds is 14. The highest BCUT2D eigenvalue weighted by atomic mass is 32.2. The molecular weight excluding hydrogens is 510 g/mol. The van der Waals surface area contributed by atoms with Crippen molar-refractivity contribution in [2.45, 2.75) is 57.0 Å². The molecule has 0 saturated heterocycles. The van der Waals surface area contributed by atoms with Gasteiger partial charge in [0.05, 0.1) is 4.90 Å². The molecule has 208 valence electrons. The zero-order valence-electron chi connectivity index (χ0n) is 23.0. The van der Waals surface area contributed by atoms with E-state index < -0.39 is 16.1 Å². The van der Waals surface area contributed by atoms with Crippen LogP contribution >= 0.6 is 0 Å². The van der Waals surface area contributed by atoms with E-state index in [4.69, 9.17) is 0 Å². The van der Waals surface area contributed by atoms with Crippen molar-refractivity contribution in [2.75, 3.05) is 20.1 Å². The molecule has 8 heteroatoms. The summed E-state index contributed by atoms with van der Waals surface area (Å²) in [5.41, 5.74) is 2.97. The fourth-order valence-electron chi connectivity index (χ4n) is 4.42. The molecule has 3 aromatic carbocycles. The molecule has 0 aliphatic heterocycles. The third kappa shape index (κ3) is 8.76. The quantitative estimate of drug-likeness (QED) is 0.319. The molecule has 0 aliphatic carbocycles. The summed E-state index contributed by atoms with van der Waals surface area (Å²) in [5, 5.41) is 2.98. The number of nitrogens with one attached hydrogen (secondary N) is 1. The summed E-state index contributed by atoms with van der Waals surface area (Å²) in [6.45, 7) is 4.98. The molecule has 0 spiro atoms. The Labute approximate surface area is 232 Å². The summed E-state index contributed by atoms with van der Waals surface area (Å²) in [6, 6.07) is 25.2. The lowest BCUT2D eigenvalue weighted by Crippen LogP contribution is -2.50. The van der Waals surface area contributed by atoms with Crippen LogP contribution in [0.4, 0.5) is 0 Å². The van der Waals surface area contributed by atoms with Gasteiger partial charge in [-0.25, -0.2) is 12.7 Å². The second-order valence-electron chi connectivity index (χ2n) is 9.75. The minimum Gasteiger partial charge on any atom is -0.354 e. The highest BCUT2D eigenvalue weighted by molar-refractivity contribution is 7.89. The predicted octanol–water partition coefficient (Wildman–Crippen LogP) is 4.56. The number of hydrogen-bond acceptors (Lipinski definition) is 4. The number of carbonyl (C=O) groups excluding carboxylic acids is 2. The molecule has 3 aromatic rings. The summed E-state index contributed by atoms with van der Waals surface area (Å²) < 4.78 is 27.1. The monoisotopic (exact) mass is 549 g/mol. The van der Waals surface area contributed by atoms with Crippen molar-refractivity contribution in [1.82, 2.24) is 14.5 Å². The number of hydrogen-bond donors (Lipinski definition) is 1. The minimum atomic E-state index is -3.65. The number of nitrogens with zero attached hydrogens (tertiary/aromatic N) is 2. The molecule has 3 rings (SSSR count). The summed E-state index contributed by atoms with van der Waals surface area (Å²) >= 11 is 0. The third-order valence-electron chi connectivity index (χ3n) is 6.57. The lowest BCUT2D eigenvalue weighted by molar-refractivity contribution is -0.141. The zero-order valence-corrected chi connectivity index (χ0v) is 23.9. The molecule has 7 nitrogen and oxygen atoms in total. The fraction of sp³-hybridized carbons (Fsp3) is 0.355. The van der Waals surface area contributed by atoms with E-state index in [-0.39, 0.29) is 36.2 Å². The van der Waals surface area contributed by atoms with E-state index in [1.807, 2.05) is 68.4 Å². The van der Waals surface area contributed by atoms with Gasteiger partial charge in [0.25, 0.3) is 0 Å². The van der Waals surface area contributed by atoms with Crippen LogP contribution in [0, 0.1) is 6.92 Å². The normalized spacial score (nSPS) is 12.2. The molecule has 39 heavy (non-hydrogen) atoms. The number of benzene rings is 3. The molecule has 0 fully saturated rings. The van der Waals surface area contributed by atoms with Crippen molar-refractivity contribution >= 4 is 21.8 Å². The SMILES string of the molecule is CCCNC(=O)[C@H](Cc1ccccc1)N(Cc1cccc(C)c1)C(=O)CCCN(C)S(=O)(=O)c1ccccc1. The Hall–Kier alpha value is -3.49. The summed E-state index contributed by atoms with van der Waals surface area (Å²) in [7, 11) is -2.13. The van der Waals surface area contributed by atoms with Crippen LogP contribution in [0.1, 0.15) is 42.9 Å². The predicted molar refractivity (Wildman–Crippen MR) is 154 cm³/mol. The second kappa shape index (κ2) is 14.6. The number of carbonyl (C=O) groups is 2. The van der Waals surface area contributed by atoms with E-state index in [9.17, 15) is 18.0 Å². The van der Waals surface area contributed by atoms with Crippen LogP contribution in [0.5, 0.6) is 0 Å². The van der Waals surface area contributed by atoms with Gasteiger partial charge in [0.1, 0.15) is 6.04 Å². The summed E-state index contributed by atoms with van der Waals surface area (Å²) in [5.74, 6) is -0.375. The Balaban J connectivity index is 1.81. The van der Waals surface area contributed by atoms with Gasteiger partial charge < -0.3 is 10.2 Å². The van der Waals surface area contributed by atoms with Crippen molar-refractivity contribution in [3.05, 3.63) is 102 Å². The van der Waals surface area contributed by atoms with E-state index in [1.54, 1.807) is 35.2 Å². The molecule has 2 amide bonds. The van der Waals surface area contributed by atoms with Gasteiger partial charge in [0.2, 0.25) is 21.8 Å². The average molecular weight is 550 g/mol. The molecule has 0 saturated carbocycles. The van der Waals surface area contributed by atoms with Gasteiger partial charge in [-0.3, -0.25) is 9.59 Å². The van der Waals surface area contributed by atoms with Gasteiger partial charge in [0, 0.05) is 39.5 Å². The van der Waals surface area contributed by atoms with E-state index in [0.29, 0.717) is 19.4 Å². The van der Waals surface area contributed by atoms with Gasteiger partial charge in [0.15, 0.2) is 0 Å². The third-order valence-corrected chi connectivity index (χ3v) is 8.44. The molecule has 0 unspecified atom stereocenters. The van der Waals surface area contributed by atoms with Crippen molar-refractivity contribution in [3.8, 4) is 0 Å². The average Bonchev–Trinajstić information content (AvgIpc) is 2.94. The number of aryl methyl sites for hydroxylation is 1. The van der Waals surface area contributed by atoms with Crippen molar-refractivity contribution in [3.63, 3.8) is 0 Å². The first kappa shape index (κ1) is 30.1. The van der Waals surface area contributed by atoms with Crippen LogP contribution in [0.3, 0.4) is 0 Å². The van der Waals surface area contributed by atoms with Crippen LogP contribution in [-0.2, 0) is 32.6 Å². The standard InChI is InChI=1S/C31H39N3O4S/c1-4-20-32-31(36)29(23-26-14-7-5-8-15-26)34(24-27-16-11-13-25(2)22-27)30(35)19-12-21-33(3)39(37,38)28-17-9-6-10-18-28/h5-11,13-18,22,29H,4,12,19-21,23-24H2,1-3H3,(H,32,36)/t29-/m0/s1. The Kier molecular flexibility index (Phi) is 11.3. The molecule has 1 N–H and O–H groups in total. The van der Waals surface area contributed by atoms with Gasteiger partial charge in [-0.15, -0.1) is 0 Å². The molecule has 0 bridgehead atoms. The highest BCUT2D eigenvalue weighted by Crippen LogP contribution is 2.18. The van der Waals surface area contributed by atoms with Gasteiger partial charge in [-0.05, 0) is 43.0 Å². The van der Waals surface area contributed by atoms with E-state index in [0.717, 1.165) is 23.1 Å². The minimum absolute atomic E-state index is 0.118. The molecule has 0 aromatic heterocycles. The molecule has 0 aliphatic rings. The van der Waals surface area contributed by atoms with Gasteiger partial charge in [-0.2, -0.15) is 0 Å². The van der Waals surface area contributed by atoms with Crippen molar-refractivity contribution in [1.29, 1.82) is 0 Å².